The molecule has 0 spiro atoms. The van der Waals surface area contributed by atoms with E-state index in [1.165, 1.54) is 94.6 Å². The highest BCUT2D eigenvalue weighted by molar-refractivity contribution is 5.85. The summed E-state index contributed by atoms with van der Waals surface area (Å²) in [6, 6.07) is 8.39. The number of hydrogen-bond acceptors (Lipinski definition) is 1. The Bertz CT molecular complexity index is 554. The van der Waals surface area contributed by atoms with E-state index in [0.717, 1.165) is 0 Å². The first-order valence-electron chi connectivity index (χ1n) is 11.8. The molecule has 0 atom stereocenters. The highest BCUT2D eigenvalue weighted by atomic mass is 35.5. The number of hydrogen-bond donors (Lipinski definition) is 1. The number of benzene rings is 1. The summed E-state index contributed by atoms with van der Waals surface area (Å²) >= 11 is 0. The number of halogens is 1. The van der Waals surface area contributed by atoms with Crippen molar-refractivity contribution in [2.45, 2.75) is 110 Å². The first kappa shape index (κ1) is 27.9. The van der Waals surface area contributed by atoms with Gasteiger partial charge in [-0.05, 0) is 37.8 Å². The molecular weight excluding hydrogens is 374 g/mol. The molecule has 0 aliphatic rings. The average Bonchev–Trinajstić information content (AvgIpc) is 2.67. The van der Waals surface area contributed by atoms with Gasteiger partial charge in [-0.15, -0.1) is 12.4 Å². The molecule has 2 N–H and O–H groups in total. The maximum Gasteiger partial charge on any atom is 0.0358 e. The van der Waals surface area contributed by atoms with E-state index >= 15 is 0 Å². The van der Waals surface area contributed by atoms with Crippen molar-refractivity contribution in [3.63, 3.8) is 0 Å². The van der Waals surface area contributed by atoms with Crippen LogP contribution in [0.4, 0.5) is 0 Å². The molecule has 0 aliphatic carbocycles. The number of rotatable bonds is 16. The van der Waals surface area contributed by atoms with Crippen LogP contribution in [0.25, 0.3) is 6.08 Å². The van der Waals surface area contributed by atoms with E-state index in [-0.39, 0.29) is 17.9 Å². The normalized spacial score (nSPS) is 12.0. The molecule has 0 amide bonds. The molecule has 0 unspecified atom stereocenters. The lowest BCUT2D eigenvalue weighted by molar-refractivity contribution is 0.545. The molecule has 1 aromatic rings. The van der Waals surface area contributed by atoms with Gasteiger partial charge in [0.05, 0.1) is 0 Å². The van der Waals surface area contributed by atoms with Crippen molar-refractivity contribution in [2.75, 3.05) is 0 Å². The number of unbranched alkanes of at least 4 members (excludes halogenated alkanes) is 12. The minimum absolute atomic E-state index is 0. The fourth-order valence-corrected chi connectivity index (χ4v) is 3.67. The van der Waals surface area contributed by atoms with Crippen molar-refractivity contribution in [3.8, 4) is 0 Å². The molecule has 0 fully saturated rings. The number of allylic oxidation sites excluding steroid dienone is 3. The van der Waals surface area contributed by atoms with Crippen molar-refractivity contribution >= 4 is 18.5 Å². The van der Waals surface area contributed by atoms with E-state index in [2.05, 4.69) is 69.3 Å². The second kappa shape index (κ2) is 17.8. The molecule has 1 nitrogen and oxygen atoms in total. The number of nitrogens with two attached hydrogens (primary N) is 1. The highest BCUT2D eigenvalue weighted by Crippen LogP contribution is 2.22. The van der Waals surface area contributed by atoms with Gasteiger partial charge in [0.1, 0.15) is 0 Å². The maximum atomic E-state index is 6.27. The van der Waals surface area contributed by atoms with Gasteiger partial charge in [-0.3, -0.25) is 0 Å². The van der Waals surface area contributed by atoms with Gasteiger partial charge in [-0.1, -0.05) is 126 Å². The summed E-state index contributed by atoms with van der Waals surface area (Å²) in [5, 5.41) is 0. The Kier molecular flexibility index (Phi) is 17.1. The van der Waals surface area contributed by atoms with Crippen LogP contribution < -0.4 is 5.73 Å². The van der Waals surface area contributed by atoms with Crippen molar-refractivity contribution < 1.29 is 0 Å². The Morgan fingerprint density at radius 1 is 0.759 bits per heavy atom. The molecule has 0 bridgehead atoms. The van der Waals surface area contributed by atoms with Crippen LogP contribution in [0.2, 0.25) is 0 Å². The molecule has 166 valence electrons. The van der Waals surface area contributed by atoms with Gasteiger partial charge in [0.15, 0.2) is 0 Å². The van der Waals surface area contributed by atoms with Crippen molar-refractivity contribution in [1.82, 2.24) is 0 Å². The lowest BCUT2D eigenvalue weighted by Crippen LogP contribution is -2.29. The lowest BCUT2D eigenvalue weighted by atomic mass is 9.91. The smallest absolute Gasteiger partial charge is 0.0358 e. The summed E-state index contributed by atoms with van der Waals surface area (Å²) in [5.41, 5.74) is 8.37. The van der Waals surface area contributed by atoms with Crippen LogP contribution >= 0.6 is 12.4 Å². The second-order valence-electron chi connectivity index (χ2n) is 8.77. The van der Waals surface area contributed by atoms with E-state index in [0.29, 0.717) is 0 Å². The van der Waals surface area contributed by atoms with Gasteiger partial charge in [0, 0.05) is 5.54 Å². The zero-order chi connectivity index (χ0) is 20.5. The zero-order valence-corrected chi connectivity index (χ0v) is 20.1. The lowest BCUT2D eigenvalue weighted by Gasteiger charge is -2.21. The molecule has 0 aliphatic heterocycles. The van der Waals surface area contributed by atoms with Crippen LogP contribution in [0.3, 0.4) is 0 Å². The topological polar surface area (TPSA) is 26.0 Å². The van der Waals surface area contributed by atoms with Crippen LogP contribution in [0.15, 0.2) is 42.5 Å². The molecular formula is C27H46ClN. The van der Waals surface area contributed by atoms with E-state index in [1.54, 1.807) is 0 Å². The zero-order valence-electron chi connectivity index (χ0n) is 19.3. The fraction of sp³-hybridized carbons (Fsp3) is 0.630. The molecule has 2 heteroatoms. The molecule has 0 saturated carbocycles. The monoisotopic (exact) mass is 419 g/mol. The largest absolute Gasteiger partial charge is 0.322 e. The quantitative estimate of drug-likeness (QED) is 0.210. The molecule has 0 radical (unpaired) electrons. The van der Waals surface area contributed by atoms with Crippen molar-refractivity contribution in [1.29, 1.82) is 0 Å². The Hall–Kier alpha value is -1.05. The maximum absolute atomic E-state index is 6.27. The SMILES string of the molecule is CCCCCCCCCCCCCCC=CC=Cc1ccccc1C(C)(C)N.Cl. The second-order valence-corrected chi connectivity index (χ2v) is 8.77. The predicted octanol–water partition coefficient (Wildman–Crippen LogP) is 8.96. The molecule has 0 saturated heterocycles. The van der Waals surface area contributed by atoms with E-state index < -0.39 is 0 Å². The van der Waals surface area contributed by atoms with E-state index in [1.807, 2.05) is 0 Å². The van der Waals surface area contributed by atoms with Crippen LogP contribution in [0, 0.1) is 0 Å². The summed E-state index contributed by atoms with van der Waals surface area (Å²) in [7, 11) is 0. The summed E-state index contributed by atoms with van der Waals surface area (Å²) < 4.78 is 0. The Balaban J connectivity index is 0.00000784. The third kappa shape index (κ3) is 14.6. The third-order valence-corrected chi connectivity index (χ3v) is 5.40. The summed E-state index contributed by atoms with van der Waals surface area (Å²) in [4.78, 5) is 0. The first-order valence-corrected chi connectivity index (χ1v) is 11.8. The first-order chi connectivity index (χ1) is 13.6. The van der Waals surface area contributed by atoms with Crippen LogP contribution in [0.5, 0.6) is 0 Å². The van der Waals surface area contributed by atoms with Gasteiger partial charge < -0.3 is 5.73 Å². The standard InChI is InChI=1S/C27H45N.ClH/c1-4-5-6-7-8-9-10-11-12-13-14-15-16-17-18-19-22-25-23-20-21-24-26(25)27(2,3)28;/h17-24H,4-16,28H2,1-3H3;1H. The van der Waals surface area contributed by atoms with Gasteiger partial charge in [0.2, 0.25) is 0 Å². The Morgan fingerprint density at radius 2 is 1.28 bits per heavy atom. The van der Waals surface area contributed by atoms with Gasteiger partial charge >= 0.3 is 0 Å². The van der Waals surface area contributed by atoms with Gasteiger partial charge in [0.25, 0.3) is 0 Å². The molecule has 0 aromatic heterocycles. The highest BCUT2D eigenvalue weighted by Gasteiger charge is 2.16. The third-order valence-electron chi connectivity index (χ3n) is 5.40. The Morgan fingerprint density at radius 3 is 1.83 bits per heavy atom. The molecule has 1 rings (SSSR count). The summed E-state index contributed by atoms with van der Waals surface area (Å²) in [5.74, 6) is 0. The van der Waals surface area contributed by atoms with Crippen LogP contribution in [-0.4, -0.2) is 0 Å². The van der Waals surface area contributed by atoms with Crippen LogP contribution in [-0.2, 0) is 5.54 Å². The van der Waals surface area contributed by atoms with Crippen LogP contribution in [0.1, 0.15) is 115 Å². The predicted molar refractivity (Wildman–Crippen MR) is 135 cm³/mol. The summed E-state index contributed by atoms with van der Waals surface area (Å²) in [6.07, 6.45) is 26.9. The minimum Gasteiger partial charge on any atom is -0.322 e. The van der Waals surface area contributed by atoms with Crippen molar-refractivity contribution in [3.05, 3.63) is 53.6 Å². The van der Waals surface area contributed by atoms with E-state index in [4.69, 9.17) is 5.73 Å². The fourth-order valence-electron chi connectivity index (χ4n) is 3.67. The minimum atomic E-state index is -0.306. The summed E-state index contributed by atoms with van der Waals surface area (Å²) in [6.45, 7) is 6.40. The van der Waals surface area contributed by atoms with Crippen molar-refractivity contribution in [2.24, 2.45) is 5.73 Å². The molecule has 29 heavy (non-hydrogen) atoms. The average molecular weight is 420 g/mol. The molecule has 1 aromatic carbocycles. The van der Waals surface area contributed by atoms with Gasteiger partial charge in [-0.2, -0.15) is 0 Å². The Labute approximate surface area is 187 Å². The van der Waals surface area contributed by atoms with E-state index in [9.17, 15) is 0 Å². The molecule has 0 heterocycles. The van der Waals surface area contributed by atoms with Gasteiger partial charge in [-0.25, -0.2) is 0 Å².